The molecule has 0 aromatic heterocycles. The molecule has 0 atom stereocenters. The zero-order valence-electron chi connectivity index (χ0n) is 8.80. The van der Waals surface area contributed by atoms with Crippen LogP contribution >= 0.6 is 11.8 Å². The van der Waals surface area contributed by atoms with Crippen molar-refractivity contribution in [3.05, 3.63) is 29.8 Å². The van der Waals surface area contributed by atoms with Crippen LogP contribution in [0.2, 0.25) is 0 Å². The number of carboxylic acids is 1. The van der Waals surface area contributed by atoms with E-state index in [1.807, 2.05) is 0 Å². The van der Waals surface area contributed by atoms with Crippen molar-refractivity contribution in [1.29, 1.82) is 0 Å². The van der Waals surface area contributed by atoms with Crippen LogP contribution in [0.15, 0.2) is 29.2 Å². The third-order valence-electron chi connectivity index (χ3n) is 1.76. The fourth-order valence-electron chi connectivity index (χ4n) is 1.04. The van der Waals surface area contributed by atoms with Gasteiger partial charge in [-0.3, -0.25) is 4.79 Å². The van der Waals surface area contributed by atoms with Gasteiger partial charge in [-0.25, -0.2) is 4.79 Å². The molecular formula is C11H12O4S. The van der Waals surface area contributed by atoms with Crippen LogP contribution in [0, 0.1) is 0 Å². The first-order valence-corrected chi connectivity index (χ1v) is 5.74. The van der Waals surface area contributed by atoms with Crippen molar-refractivity contribution >= 4 is 23.7 Å². The number of aromatic carboxylic acids is 1. The second-order valence-electron chi connectivity index (χ2n) is 2.92. The average Bonchev–Trinajstić information content (AvgIpc) is 2.27. The summed E-state index contributed by atoms with van der Waals surface area (Å²) in [6.45, 7) is 2.13. The fourth-order valence-corrected chi connectivity index (χ4v) is 1.74. The van der Waals surface area contributed by atoms with Crippen LogP contribution in [0.5, 0.6) is 0 Å². The molecule has 5 heteroatoms. The lowest BCUT2D eigenvalue weighted by Gasteiger charge is -2.02. The van der Waals surface area contributed by atoms with Crippen LogP contribution in [0.3, 0.4) is 0 Å². The van der Waals surface area contributed by atoms with Crippen LogP contribution < -0.4 is 0 Å². The highest BCUT2D eigenvalue weighted by atomic mass is 32.2. The third kappa shape index (κ3) is 3.94. The topological polar surface area (TPSA) is 63.6 Å². The molecule has 0 bridgehead atoms. The van der Waals surface area contributed by atoms with Crippen LogP contribution in [0.1, 0.15) is 17.3 Å². The second kappa shape index (κ2) is 6.17. The number of ether oxygens (including phenoxy) is 1. The van der Waals surface area contributed by atoms with E-state index < -0.39 is 5.97 Å². The number of esters is 1. The smallest absolute Gasteiger partial charge is 0.335 e. The minimum absolute atomic E-state index is 0.236. The van der Waals surface area contributed by atoms with Gasteiger partial charge < -0.3 is 9.84 Å². The lowest BCUT2D eigenvalue weighted by Crippen LogP contribution is -2.06. The summed E-state index contributed by atoms with van der Waals surface area (Å²) >= 11 is 1.32. The Hall–Kier alpha value is -1.49. The van der Waals surface area contributed by atoms with E-state index in [2.05, 4.69) is 0 Å². The number of carboxylic acid groups (broad SMARTS) is 1. The quantitative estimate of drug-likeness (QED) is 0.630. The van der Waals surface area contributed by atoms with Gasteiger partial charge in [-0.1, -0.05) is 0 Å². The summed E-state index contributed by atoms with van der Waals surface area (Å²) < 4.78 is 4.77. The summed E-state index contributed by atoms with van der Waals surface area (Å²) in [6.07, 6.45) is 0. The third-order valence-corrected chi connectivity index (χ3v) is 2.75. The minimum Gasteiger partial charge on any atom is -0.478 e. The van der Waals surface area contributed by atoms with Crippen LogP contribution in [-0.2, 0) is 9.53 Å². The van der Waals surface area contributed by atoms with Crippen LogP contribution in [0.25, 0.3) is 0 Å². The van der Waals surface area contributed by atoms with Crippen molar-refractivity contribution < 1.29 is 19.4 Å². The molecule has 0 amide bonds. The normalized spacial score (nSPS) is 9.81. The van der Waals surface area contributed by atoms with Gasteiger partial charge in [-0.05, 0) is 31.2 Å². The Bertz CT molecular complexity index is 372. The summed E-state index contributed by atoms with van der Waals surface area (Å²) in [5.41, 5.74) is 0.237. The van der Waals surface area contributed by atoms with Gasteiger partial charge >= 0.3 is 11.9 Å². The molecule has 0 fully saturated rings. The minimum atomic E-state index is -0.957. The molecule has 0 aliphatic rings. The Labute approximate surface area is 97.6 Å². The average molecular weight is 240 g/mol. The first kappa shape index (κ1) is 12.6. The molecule has 0 radical (unpaired) electrons. The van der Waals surface area contributed by atoms with Gasteiger partial charge in [-0.2, -0.15) is 0 Å². The highest BCUT2D eigenvalue weighted by molar-refractivity contribution is 8.00. The number of benzene rings is 1. The van der Waals surface area contributed by atoms with Crippen molar-refractivity contribution in [3.63, 3.8) is 0 Å². The number of rotatable bonds is 5. The van der Waals surface area contributed by atoms with E-state index in [1.165, 1.54) is 23.9 Å². The van der Waals surface area contributed by atoms with Crippen LogP contribution in [-0.4, -0.2) is 29.4 Å². The maximum absolute atomic E-state index is 11.1. The molecule has 86 valence electrons. The number of hydrogen-bond donors (Lipinski definition) is 1. The number of carbonyl (C=O) groups excluding carboxylic acids is 1. The molecule has 1 rings (SSSR count). The van der Waals surface area contributed by atoms with Gasteiger partial charge in [0.05, 0.1) is 17.9 Å². The molecule has 1 aromatic rings. The van der Waals surface area contributed by atoms with E-state index in [4.69, 9.17) is 9.84 Å². The summed E-state index contributed by atoms with van der Waals surface area (Å²) in [5, 5.41) is 8.68. The van der Waals surface area contributed by atoms with Gasteiger partial charge in [0.2, 0.25) is 0 Å². The van der Waals surface area contributed by atoms with E-state index >= 15 is 0 Å². The summed E-state index contributed by atoms with van der Waals surface area (Å²) in [5.74, 6) is -0.989. The summed E-state index contributed by atoms with van der Waals surface area (Å²) in [4.78, 5) is 22.5. The summed E-state index contributed by atoms with van der Waals surface area (Å²) in [7, 11) is 0. The van der Waals surface area contributed by atoms with Crippen molar-refractivity contribution in [1.82, 2.24) is 0 Å². The molecule has 1 N–H and O–H groups in total. The van der Waals surface area contributed by atoms with E-state index in [9.17, 15) is 9.59 Å². The van der Waals surface area contributed by atoms with Crippen molar-refractivity contribution in [2.75, 3.05) is 12.4 Å². The fraction of sp³-hybridized carbons (Fsp3) is 0.273. The molecule has 0 heterocycles. The first-order chi connectivity index (χ1) is 7.63. The van der Waals surface area contributed by atoms with E-state index in [0.29, 0.717) is 6.61 Å². The van der Waals surface area contributed by atoms with E-state index in [1.54, 1.807) is 19.1 Å². The Balaban J connectivity index is 2.49. The summed E-state index contributed by atoms with van der Waals surface area (Å²) in [6, 6.07) is 6.37. The number of hydrogen-bond acceptors (Lipinski definition) is 4. The predicted octanol–water partition coefficient (Wildman–Crippen LogP) is 2.04. The Kier molecular flexibility index (Phi) is 4.85. The van der Waals surface area contributed by atoms with Gasteiger partial charge in [0, 0.05) is 4.90 Å². The zero-order chi connectivity index (χ0) is 12.0. The maximum atomic E-state index is 11.1. The highest BCUT2D eigenvalue weighted by Gasteiger charge is 2.05. The van der Waals surface area contributed by atoms with Gasteiger partial charge in [0.1, 0.15) is 0 Å². The predicted molar refractivity (Wildman–Crippen MR) is 60.8 cm³/mol. The highest BCUT2D eigenvalue weighted by Crippen LogP contribution is 2.18. The van der Waals surface area contributed by atoms with E-state index in [0.717, 1.165) is 4.90 Å². The molecule has 0 aliphatic heterocycles. The number of carbonyl (C=O) groups is 2. The molecule has 0 spiro atoms. The van der Waals surface area contributed by atoms with Crippen molar-refractivity contribution in [3.8, 4) is 0 Å². The Morgan fingerprint density at radius 2 is 1.94 bits per heavy atom. The Morgan fingerprint density at radius 1 is 1.31 bits per heavy atom. The largest absolute Gasteiger partial charge is 0.478 e. The monoisotopic (exact) mass is 240 g/mol. The van der Waals surface area contributed by atoms with Crippen molar-refractivity contribution in [2.45, 2.75) is 11.8 Å². The van der Waals surface area contributed by atoms with E-state index in [-0.39, 0.29) is 17.3 Å². The lowest BCUT2D eigenvalue weighted by molar-refractivity contribution is -0.139. The maximum Gasteiger partial charge on any atom is 0.335 e. The van der Waals surface area contributed by atoms with Gasteiger partial charge in [0.15, 0.2) is 0 Å². The SMILES string of the molecule is CCOC(=O)CSc1ccc(C(=O)O)cc1. The molecule has 0 unspecified atom stereocenters. The second-order valence-corrected chi connectivity index (χ2v) is 3.97. The van der Waals surface area contributed by atoms with Gasteiger partial charge in [-0.15, -0.1) is 11.8 Å². The number of thioether (sulfide) groups is 1. The van der Waals surface area contributed by atoms with Crippen LogP contribution in [0.4, 0.5) is 0 Å². The molecule has 4 nitrogen and oxygen atoms in total. The molecule has 0 aliphatic carbocycles. The molecule has 0 saturated carbocycles. The molecule has 16 heavy (non-hydrogen) atoms. The van der Waals surface area contributed by atoms with Gasteiger partial charge in [0.25, 0.3) is 0 Å². The standard InChI is InChI=1S/C11H12O4S/c1-2-15-10(12)7-16-9-5-3-8(4-6-9)11(13)14/h3-6H,2,7H2,1H3,(H,13,14). The molecular weight excluding hydrogens is 228 g/mol. The van der Waals surface area contributed by atoms with Crippen molar-refractivity contribution in [2.24, 2.45) is 0 Å². The zero-order valence-corrected chi connectivity index (χ0v) is 9.62. The lowest BCUT2D eigenvalue weighted by atomic mass is 10.2. The molecule has 0 saturated heterocycles. The Morgan fingerprint density at radius 3 is 2.44 bits per heavy atom. The molecule has 1 aromatic carbocycles. The first-order valence-electron chi connectivity index (χ1n) is 4.75.